The number of sulfonamides is 1. The topological polar surface area (TPSA) is 63.4 Å². The minimum atomic E-state index is -3.04. The van der Waals surface area contributed by atoms with E-state index in [0.717, 1.165) is 19.3 Å². The largest absolute Gasteiger partial charge is 0.327 e. The van der Waals surface area contributed by atoms with E-state index in [4.69, 9.17) is 5.73 Å². The van der Waals surface area contributed by atoms with Crippen molar-refractivity contribution in [3.8, 4) is 0 Å². The molecule has 2 N–H and O–H groups in total. The highest BCUT2D eigenvalue weighted by Gasteiger charge is 2.28. The summed E-state index contributed by atoms with van der Waals surface area (Å²) in [7, 11) is -3.04. The maximum atomic E-state index is 11.5. The molecule has 1 heterocycles. The third kappa shape index (κ3) is 2.93. The molecule has 1 unspecified atom stereocenters. The van der Waals surface area contributed by atoms with Crippen LogP contribution in [0, 0.1) is 0 Å². The molecule has 1 fully saturated rings. The van der Waals surface area contributed by atoms with Gasteiger partial charge in [-0.25, -0.2) is 12.7 Å². The summed E-state index contributed by atoms with van der Waals surface area (Å²) in [5.74, 6) is 0.112. The lowest BCUT2D eigenvalue weighted by molar-refractivity contribution is 0.308. The molecule has 78 valence electrons. The van der Waals surface area contributed by atoms with Gasteiger partial charge in [-0.15, -0.1) is 0 Å². The molecule has 0 saturated carbocycles. The normalized spacial score (nSPS) is 21.1. The average Bonchev–Trinajstić information content (AvgIpc) is 1.79. The minimum absolute atomic E-state index is 0.112. The molecule has 1 aliphatic heterocycles. The molecular weight excluding hydrogens is 188 g/mol. The van der Waals surface area contributed by atoms with Crippen LogP contribution in [0.3, 0.4) is 0 Å². The van der Waals surface area contributed by atoms with Crippen LogP contribution < -0.4 is 5.73 Å². The molecule has 1 atom stereocenters. The number of rotatable bonds is 5. The summed E-state index contributed by atoms with van der Waals surface area (Å²) in [4.78, 5) is 0. The van der Waals surface area contributed by atoms with Gasteiger partial charge in [0.2, 0.25) is 10.0 Å². The van der Waals surface area contributed by atoms with Crippen LogP contribution in [0.25, 0.3) is 0 Å². The van der Waals surface area contributed by atoms with Crippen molar-refractivity contribution in [2.45, 2.75) is 32.2 Å². The number of nitrogens with zero attached hydrogens (tertiary/aromatic N) is 1. The summed E-state index contributed by atoms with van der Waals surface area (Å²) >= 11 is 0. The molecule has 0 aliphatic carbocycles. The summed E-state index contributed by atoms with van der Waals surface area (Å²) in [6.07, 6.45) is 2.71. The van der Waals surface area contributed by atoms with Crippen molar-refractivity contribution >= 4 is 10.0 Å². The zero-order valence-corrected chi connectivity index (χ0v) is 8.89. The van der Waals surface area contributed by atoms with Crippen LogP contribution in [0.1, 0.15) is 26.2 Å². The predicted molar refractivity (Wildman–Crippen MR) is 52.9 cm³/mol. The Morgan fingerprint density at radius 3 is 2.46 bits per heavy atom. The summed E-state index contributed by atoms with van der Waals surface area (Å²) in [6.45, 7) is 3.37. The zero-order valence-electron chi connectivity index (χ0n) is 8.07. The molecule has 4 nitrogen and oxygen atoms in total. The molecule has 0 aromatic rings. The van der Waals surface area contributed by atoms with Crippen molar-refractivity contribution < 1.29 is 8.42 Å². The van der Waals surface area contributed by atoms with E-state index in [-0.39, 0.29) is 11.8 Å². The molecular formula is C8H18N2O2S. The Hall–Kier alpha value is -0.130. The smallest absolute Gasteiger partial charge is 0.215 e. The molecule has 1 rings (SSSR count). The maximum absolute atomic E-state index is 11.5. The van der Waals surface area contributed by atoms with Gasteiger partial charge in [-0.1, -0.05) is 13.3 Å². The summed E-state index contributed by atoms with van der Waals surface area (Å²) in [5, 5.41) is 0. The zero-order chi connectivity index (χ0) is 9.90. The molecule has 0 spiro atoms. The molecule has 1 saturated heterocycles. The highest BCUT2D eigenvalue weighted by atomic mass is 32.2. The van der Waals surface area contributed by atoms with E-state index in [0.29, 0.717) is 13.1 Å². The Morgan fingerprint density at radius 1 is 1.46 bits per heavy atom. The van der Waals surface area contributed by atoms with Crippen molar-refractivity contribution in [3.05, 3.63) is 0 Å². The van der Waals surface area contributed by atoms with E-state index in [2.05, 4.69) is 0 Å². The van der Waals surface area contributed by atoms with Crippen LogP contribution in [-0.4, -0.2) is 37.6 Å². The average molecular weight is 206 g/mol. The third-order valence-electron chi connectivity index (χ3n) is 2.29. The Morgan fingerprint density at radius 2 is 2.08 bits per heavy atom. The Bertz CT molecular complexity index is 247. The Kier molecular flexibility index (Phi) is 3.70. The Balaban J connectivity index is 2.41. The summed E-state index contributed by atoms with van der Waals surface area (Å²) < 4.78 is 24.6. The second-order valence-electron chi connectivity index (χ2n) is 3.58. The lowest BCUT2D eigenvalue weighted by Gasteiger charge is -2.30. The molecule has 0 bridgehead atoms. The van der Waals surface area contributed by atoms with Crippen LogP contribution in [0.15, 0.2) is 0 Å². The van der Waals surface area contributed by atoms with E-state index in [1.807, 2.05) is 6.92 Å². The third-order valence-corrected chi connectivity index (χ3v) is 4.29. The molecule has 1 aliphatic rings. The van der Waals surface area contributed by atoms with E-state index in [9.17, 15) is 8.42 Å². The fraction of sp³-hybridized carbons (Fsp3) is 1.00. The fourth-order valence-corrected chi connectivity index (χ4v) is 3.13. The van der Waals surface area contributed by atoms with Crippen molar-refractivity contribution in [1.82, 2.24) is 4.31 Å². The molecule has 0 aromatic carbocycles. The molecule has 13 heavy (non-hydrogen) atoms. The standard InChI is InChI=1S/C8H18N2O2S/c1-2-4-8(9)7-13(11,12)10-5-3-6-10/h8H,2-7,9H2,1H3. The van der Waals surface area contributed by atoms with Gasteiger partial charge in [0.05, 0.1) is 5.75 Å². The first-order valence-corrected chi connectivity index (χ1v) is 6.40. The summed E-state index contributed by atoms with van der Waals surface area (Å²) in [6, 6.07) is -0.199. The van der Waals surface area contributed by atoms with Crippen LogP contribution in [-0.2, 0) is 10.0 Å². The lowest BCUT2D eigenvalue weighted by atomic mass is 10.2. The second kappa shape index (κ2) is 4.39. The quantitative estimate of drug-likeness (QED) is 0.696. The van der Waals surface area contributed by atoms with Crippen LogP contribution in [0.4, 0.5) is 0 Å². The van der Waals surface area contributed by atoms with Gasteiger partial charge in [-0.3, -0.25) is 0 Å². The highest BCUT2D eigenvalue weighted by molar-refractivity contribution is 7.89. The Labute approximate surface area is 80.1 Å². The van der Waals surface area contributed by atoms with Crippen molar-refractivity contribution in [3.63, 3.8) is 0 Å². The SMILES string of the molecule is CCCC(N)CS(=O)(=O)N1CCC1. The monoisotopic (exact) mass is 206 g/mol. The second-order valence-corrected chi connectivity index (χ2v) is 5.59. The van der Waals surface area contributed by atoms with Crippen molar-refractivity contribution in [2.24, 2.45) is 5.73 Å². The van der Waals surface area contributed by atoms with E-state index in [1.165, 1.54) is 4.31 Å². The molecule has 5 heteroatoms. The maximum Gasteiger partial charge on any atom is 0.215 e. The predicted octanol–water partition coefficient (Wildman–Crippen LogP) is 0.149. The number of hydrogen-bond donors (Lipinski definition) is 1. The minimum Gasteiger partial charge on any atom is -0.327 e. The van der Waals surface area contributed by atoms with Crippen molar-refractivity contribution in [2.75, 3.05) is 18.8 Å². The first kappa shape index (κ1) is 10.9. The van der Waals surface area contributed by atoms with E-state index in [1.54, 1.807) is 0 Å². The van der Waals surface area contributed by atoms with E-state index < -0.39 is 10.0 Å². The van der Waals surface area contributed by atoms with Crippen LogP contribution in [0.5, 0.6) is 0 Å². The van der Waals surface area contributed by atoms with Gasteiger partial charge in [0.25, 0.3) is 0 Å². The van der Waals surface area contributed by atoms with Gasteiger partial charge in [0.15, 0.2) is 0 Å². The summed E-state index contributed by atoms with van der Waals surface area (Å²) in [5.41, 5.74) is 5.68. The van der Waals surface area contributed by atoms with Crippen LogP contribution in [0.2, 0.25) is 0 Å². The van der Waals surface area contributed by atoms with Gasteiger partial charge in [-0.2, -0.15) is 0 Å². The van der Waals surface area contributed by atoms with Gasteiger partial charge < -0.3 is 5.73 Å². The first-order valence-electron chi connectivity index (χ1n) is 4.79. The molecule has 0 amide bonds. The first-order chi connectivity index (χ1) is 6.06. The lowest BCUT2D eigenvalue weighted by Crippen LogP contribution is -2.46. The molecule has 0 radical (unpaired) electrons. The van der Waals surface area contributed by atoms with Gasteiger partial charge >= 0.3 is 0 Å². The molecule has 0 aromatic heterocycles. The fourth-order valence-electron chi connectivity index (χ4n) is 1.40. The van der Waals surface area contributed by atoms with E-state index >= 15 is 0 Å². The van der Waals surface area contributed by atoms with Crippen LogP contribution >= 0.6 is 0 Å². The van der Waals surface area contributed by atoms with Gasteiger partial charge in [0.1, 0.15) is 0 Å². The van der Waals surface area contributed by atoms with Crippen molar-refractivity contribution in [1.29, 1.82) is 0 Å². The van der Waals surface area contributed by atoms with Gasteiger partial charge in [0, 0.05) is 19.1 Å². The van der Waals surface area contributed by atoms with Gasteiger partial charge in [-0.05, 0) is 12.8 Å². The highest BCUT2D eigenvalue weighted by Crippen LogP contribution is 2.13. The number of hydrogen-bond acceptors (Lipinski definition) is 3. The number of nitrogens with two attached hydrogens (primary N) is 1.